The lowest BCUT2D eigenvalue weighted by Gasteiger charge is -2.14. The van der Waals surface area contributed by atoms with E-state index in [1.165, 1.54) is 5.56 Å². The topological polar surface area (TPSA) is 32.3 Å². The Hall–Kier alpha value is -0.250. The molecule has 0 aromatic heterocycles. The molecule has 0 aliphatic heterocycles. The van der Waals surface area contributed by atoms with E-state index in [1.807, 2.05) is 13.8 Å². The highest BCUT2D eigenvalue weighted by Gasteiger charge is 2.06. The maximum Gasteiger partial charge on any atom is 0.0847 e. The van der Waals surface area contributed by atoms with E-state index >= 15 is 0 Å². The van der Waals surface area contributed by atoms with Gasteiger partial charge in [-0.1, -0.05) is 15.9 Å². The minimum atomic E-state index is -0.509. The Bertz CT molecular complexity index is 344. The Labute approximate surface area is 104 Å². The fourth-order valence-corrected chi connectivity index (χ4v) is 1.96. The molecule has 0 aliphatic rings. The van der Waals surface area contributed by atoms with Crippen LogP contribution in [0.3, 0.4) is 0 Å². The van der Waals surface area contributed by atoms with Crippen molar-refractivity contribution in [3.05, 3.63) is 27.7 Å². The van der Waals surface area contributed by atoms with Crippen molar-refractivity contribution in [1.29, 1.82) is 0 Å². The van der Waals surface area contributed by atoms with Crippen LogP contribution in [0.4, 0.5) is 5.69 Å². The van der Waals surface area contributed by atoms with Gasteiger partial charge in [-0.15, -0.1) is 11.6 Å². The fraction of sp³-hybridized carbons (Fsp3) is 0.455. The second kappa shape index (κ2) is 5.73. The molecule has 15 heavy (non-hydrogen) atoms. The van der Waals surface area contributed by atoms with Crippen LogP contribution in [0.1, 0.15) is 11.1 Å². The van der Waals surface area contributed by atoms with Gasteiger partial charge in [-0.05, 0) is 37.1 Å². The normalized spacial score (nSPS) is 12.6. The van der Waals surface area contributed by atoms with Crippen molar-refractivity contribution in [2.24, 2.45) is 0 Å². The molecule has 0 fully saturated rings. The van der Waals surface area contributed by atoms with E-state index in [0.717, 1.165) is 15.7 Å². The van der Waals surface area contributed by atoms with E-state index < -0.39 is 6.10 Å². The third-order valence-electron chi connectivity index (χ3n) is 2.19. The monoisotopic (exact) mass is 291 g/mol. The quantitative estimate of drug-likeness (QED) is 0.836. The standard InChI is InChI=1S/C11H15BrClNO/c1-7-3-10(12)8(2)11(4-7)14-6-9(15)5-13/h3-4,9,14-15H,5-6H2,1-2H3. The lowest BCUT2D eigenvalue weighted by molar-refractivity contribution is 0.211. The number of aryl methyl sites for hydroxylation is 1. The molecule has 1 aromatic rings. The van der Waals surface area contributed by atoms with Crippen molar-refractivity contribution in [1.82, 2.24) is 0 Å². The predicted octanol–water partition coefficient (Wildman–Crippen LogP) is 3.08. The maximum absolute atomic E-state index is 9.34. The van der Waals surface area contributed by atoms with Crippen LogP contribution in [-0.2, 0) is 0 Å². The molecule has 1 aromatic carbocycles. The molecule has 0 radical (unpaired) electrons. The van der Waals surface area contributed by atoms with Gasteiger partial charge in [0, 0.05) is 16.7 Å². The van der Waals surface area contributed by atoms with Gasteiger partial charge in [0.1, 0.15) is 0 Å². The molecule has 1 rings (SSSR count). The lowest BCUT2D eigenvalue weighted by Crippen LogP contribution is -2.21. The first-order valence-electron chi connectivity index (χ1n) is 4.79. The number of hydrogen-bond acceptors (Lipinski definition) is 2. The number of halogens is 2. The number of anilines is 1. The molecule has 2 N–H and O–H groups in total. The first-order valence-corrected chi connectivity index (χ1v) is 6.12. The van der Waals surface area contributed by atoms with E-state index in [9.17, 15) is 5.11 Å². The summed E-state index contributed by atoms with van der Waals surface area (Å²) in [7, 11) is 0. The van der Waals surface area contributed by atoms with Gasteiger partial charge in [0.25, 0.3) is 0 Å². The second-order valence-corrected chi connectivity index (χ2v) is 4.77. The van der Waals surface area contributed by atoms with Crippen LogP contribution in [0.2, 0.25) is 0 Å². The van der Waals surface area contributed by atoms with Gasteiger partial charge in [-0.3, -0.25) is 0 Å². The molecule has 2 nitrogen and oxygen atoms in total. The summed E-state index contributed by atoms with van der Waals surface area (Å²) in [6.07, 6.45) is -0.509. The minimum absolute atomic E-state index is 0.249. The number of rotatable bonds is 4. The Morgan fingerprint density at radius 2 is 2.13 bits per heavy atom. The van der Waals surface area contributed by atoms with Crippen molar-refractivity contribution in [3.8, 4) is 0 Å². The van der Waals surface area contributed by atoms with E-state index in [4.69, 9.17) is 11.6 Å². The van der Waals surface area contributed by atoms with Crippen LogP contribution in [0.15, 0.2) is 16.6 Å². The SMILES string of the molecule is Cc1cc(Br)c(C)c(NCC(O)CCl)c1. The third-order valence-corrected chi connectivity index (χ3v) is 3.37. The fourth-order valence-electron chi connectivity index (χ4n) is 1.28. The van der Waals surface area contributed by atoms with Crippen molar-refractivity contribution in [2.75, 3.05) is 17.7 Å². The van der Waals surface area contributed by atoms with Gasteiger partial charge in [0.05, 0.1) is 12.0 Å². The predicted molar refractivity (Wildman–Crippen MR) is 68.8 cm³/mol. The zero-order valence-electron chi connectivity index (χ0n) is 8.85. The number of hydrogen-bond donors (Lipinski definition) is 2. The van der Waals surface area contributed by atoms with Gasteiger partial charge < -0.3 is 10.4 Å². The molecule has 0 amide bonds. The summed E-state index contributed by atoms with van der Waals surface area (Å²) in [5, 5.41) is 12.5. The molecular formula is C11H15BrClNO. The van der Waals surface area contributed by atoms with Crippen molar-refractivity contribution in [3.63, 3.8) is 0 Å². The summed E-state index contributed by atoms with van der Waals surface area (Å²) in [5.74, 6) is 0.249. The van der Waals surface area contributed by atoms with E-state index in [1.54, 1.807) is 0 Å². The average Bonchev–Trinajstić information content (AvgIpc) is 2.20. The van der Waals surface area contributed by atoms with Crippen molar-refractivity contribution >= 4 is 33.2 Å². The number of aliphatic hydroxyl groups is 1. The van der Waals surface area contributed by atoms with Crippen LogP contribution in [0, 0.1) is 13.8 Å². The lowest BCUT2D eigenvalue weighted by atomic mass is 10.1. The third kappa shape index (κ3) is 3.67. The van der Waals surface area contributed by atoms with Gasteiger partial charge in [-0.25, -0.2) is 0 Å². The zero-order valence-corrected chi connectivity index (χ0v) is 11.2. The molecule has 0 spiro atoms. The summed E-state index contributed by atoms with van der Waals surface area (Å²) in [6, 6.07) is 4.12. The van der Waals surface area contributed by atoms with Gasteiger partial charge in [0.2, 0.25) is 0 Å². The molecule has 0 heterocycles. The summed E-state index contributed by atoms with van der Waals surface area (Å²) < 4.78 is 1.07. The molecule has 0 saturated carbocycles. The van der Waals surface area contributed by atoms with Gasteiger partial charge in [0.15, 0.2) is 0 Å². The van der Waals surface area contributed by atoms with Crippen LogP contribution < -0.4 is 5.32 Å². The number of benzene rings is 1. The molecule has 0 saturated heterocycles. The first kappa shape index (κ1) is 12.8. The Balaban J connectivity index is 2.76. The molecule has 0 aliphatic carbocycles. The summed E-state index contributed by atoms with van der Waals surface area (Å²) in [4.78, 5) is 0. The van der Waals surface area contributed by atoms with Gasteiger partial charge >= 0.3 is 0 Å². The molecule has 4 heteroatoms. The highest BCUT2D eigenvalue weighted by atomic mass is 79.9. The summed E-state index contributed by atoms with van der Waals surface area (Å²) >= 11 is 9.01. The van der Waals surface area contributed by atoms with Crippen molar-refractivity contribution in [2.45, 2.75) is 20.0 Å². The summed E-state index contributed by atoms with van der Waals surface area (Å²) in [5.41, 5.74) is 3.35. The first-order chi connectivity index (χ1) is 7.04. The highest BCUT2D eigenvalue weighted by molar-refractivity contribution is 9.10. The number of nitrogens with one attached hydrogen (secondary N) is 1. The molecule has 1 unspecified atom stereocenters. The Morgan fingerprint density at radius 3 is 2.73 bits per heavy atom. The van der Waals surface area contributed by atoms with Crippen LogP contribution in [0.5, 0.6) is 0 Å². The van der Waals surface area contributed by atoms with E-state index in [0.29, 0.717) is 6.54 Å². The van der Waals surface area contributed by atoms with Crippen LogP contribution >= 0.6 is 27.5 Å². The second-order valence-electron chi connectivity index (χ2n) is 3.61. The maximum atomic E-state index is 9.34. The highest BCUT2D eigenvalue weighted by Crippen LogP contribution is 2.25. The van der Waals surface area contributed by atoms with Gasteiger partial charge in [-0.2, -0.15) is 0 Å². The van der Waals surface area contributed by atoms with Crippen LogP contribution in [-0.4, -0.2) is 23.6 Å². The number of aliphatic hydroxyl groups excluding tert-OH is 1. The Kier molecular flexibility index (Phi) is 4.90. The molecule has 1 atom stereocenters. The molecule has 84 valence electrons. The summed E-state index contributed by atoms with van der Waals surface area (Å²) in [6.45, 7) is 4.53. The Morgan fingerprint density at radius 1 is 1.47 bits per heavy atom. The average molecular weight is 293 g/mol. The largest absolute Gasteiger partial charge is 0.390 e. The minimum Gasteiger partial charge on any atom is -0.390 e. The smallest absolute Gasteiger partial charge is 0.0847 e. The molecule has 0 bridgehead atoms. The van der Waals surface area contributed by atoms with Crippen molar-refractivity contribution < 1.29 is 5.11 Å². The van der Waals surface area contributed by atoms with Crippen LogP contribution in [0.25, 0.3) is 0 Å². The van der Waals surface area contributed by atoms with E-state index in [-0.39, 0.29) is 5.88 Å². The zero-order chi connectivity index (χ0) is 11.4. The molecular weight excluding hydrogens is 277 g/mol. The van der Waals surface area contributed by atoms with E-state index in [2.05, 4.69) is 33.4 Å². The number of alkyl halides is 1.